The quantitative estimate of drug-likeness (QED) is 0.0262. The Morgan fingerprint density at radius 2 is 0.590 bits per heavy atom. The first-order valence-corrected chi connectivity index (χ1v) is 26.5. The molecule has 0 rings (SSSR count). The van der Waals surface area contributed by atoms with Gasteiger partial charge in [0.1, 0.15) is 13.2 Å². The van der Waals surface area contributed by atoms with Crippen molar-refractivity contribution in [3.05, 3.63) is 36.5 Å². The third-order valence-corrected chi connectivity index (χ3v) is 11.6. The van der Waals surface area contributed by atoms with Crippen molar-refractivity contribution in [3.8, 4) is 0 Å². The van der Waals surface area contributed by atoms with E-state index in [2.05, 4.69) is 57.2 Å². The van der Waals surface area contributed by atoms with E-state index in [1.807, 2.05) is 0 Å². The number of hydrogen-bond acceptors (Lipinski definition) is 6. The van der Waals surface area contributed by atoms with Crippen LogP contribution in [0.3, 0.4) is 0 Å². The summed E-state index contributed by atoms with van der Waals surface area (Å²) in [6.45, 7) is 6.61. The number of carbonyl (C=O) groups is 3. The van der Waals surface area contributed by atoms with E-state index in [0.717, 1.165) is 83.5 Å². The number of unbranched alkanes of at least 4 members (excludes halogenated alkanes) is 31. The number of esters is 3. The third-order valence-electron chi connectivity index (χ3n) is 11.6. The van der Waals surface area contributed by atoms with Crippen LogP contribution in [-0.4, -0.2) is 37.2 Å². The van der Waals surface area contributed by atoms with Gasteiger partial charge in [-0.05, 0) is 77.0 Å². The molecule has 0 aromatic carbocycles. The lowest BCUT2D eigenvalue weighted by molar-refractivity contribution is -0.167. The first-order chi connectivity index (χ1) is 30.0. The molecule has 0 heterocycles. The van der Waals surface area contributed by atoms with Gasteiger partial charge < -0.3 is 14.2 Å². The van der Waals surface area contributed by atoms with Gasteiger partial charge in [0, 0.05) is 19.3 Å². The number of allylic oxidation sites excluding steroid dienone is 6. The molecule has 6 heteroatoms. The highest BCUT2D eigenvalue weighted by Gasteiger charge is 2.19. The Bertz CT molecular complexity index is 1030. The van der Waals surface area contributed by atoms with Crippen molar-refractivity contribution in [1.82, 2.24) is 0 Å². The van der Waals surface area contributed by atoms with Crippen LogP contribution in [0.4, 0.5) is 0 Å². The highest BCUT2D eigenvalue weighted by molar-refractivity contribution is 5.71. The lowest BCUT2D eigenvalue weighted by atomic mass is 10.0. The third kappa shape index (κ3) is 48.5. The van der Waals surface area contributed by atoms with E-state index >= 15 is 0 Å². The molecule has 0 aromatic rings. The van der Waals surface area contributed by atoms with Crippen LogP contribution in [-0.2, 0) is 28.6 Å². The standard InChI is InChI=1S/C55H100O6/c1-4-7-10-13-16-19-22-25-28-31-33-36-39-42-45-48-54(57)60-51-52(61-55(58)49-46-43-40-37-34-30-27-24-21-18-15-12-9-6-3)50-59-53(56)47-44-41-38-35-32-29-26-23-20-17-14-11-8-5-2/h16,19,24-25,27-28,52H,4-15,17-18,20-23,26,29-51H2,1-3H3/b19-16+,27-24+,28-25+/t52-/m1/s1. The lowest BCUT2D eigenvalue weighted by Crippen LogP contribution is -2.30. The number of ether oxygens (including phenoxy) is 3. The van der Waals surface area contributed by atoms with Crippen LogP contribution in [0.5, 0.6) is 0 Å². The van der Waals surface area contributed by atoms with Crippen LogP contribution in [0.15, 0.2) is 36.5 Å². The second-order valence-electron chi connectivity index (χ2n) is 17.8. The highest BCUT2D eigenvalue weighted by atomic mass is 16.6. The molecular weight excluding hydrogens is 757 g/mol. The molecule has 0 radical (unpaired) electrons. The van der Waals surface area contributed by atoms with Crippen molar-refractivity contribution in [1.29, 1.82) is 0 Å². The van der Waals surface area contributed by atoms with Crippen molar-refractivity contribution < 1.29 is 28.6 Å². The highest BCUT2D eigenvalue weighted by Crippen LogP contribution is 2.15. The summed E-state index contributed by atoms with van der Waals surface area (Å²) in [7, 11) is 0. The average molecular weight is 857 g/mol. The Balaban J connectivity index is 4.39. The van der Waals surface area contributed by atoms with Crippen LogP contribution in [0.1, 0.15) is 278 Å². The molecule has 356 valence electrons. The molecule has 0 saturated heterocycles. The van der Waals surface area contributed by atoms with Crippen LogP contribution < -0.4 is 0 Å². The van der Waals surface area contributed by atoms with Gasteiger partial charge in [-0.15, -0.1) is 0 Å². The normalized spacial score (nSPS) is 12.2. The van der Waals surface area contributed by atoms with E-state index in [4.69, 9.17) is 14.2 Å². The minimum Gasteiger partial charge on any atom is -0.462 e. The van der Waals surface area contributed by atoms with E-state index in [9.17, 15) is 14.4 Å². The van der Waals surface area contributed by atoms with Gasteiger partial charge >= 0.3 is 17.9 Å². The molecule has 0 bridgehead atoms. The first kappa shape index (κ1) is 58.6. The fourth-order valence-electron chi connectivity index (χ4n) is 7.59. The van der Waals surface area contributed by atoms with Gasteiger partial charge in [0.15, 0.2) is 6.10 Å². The van der Waals surface area contributed by atoms with Gasteiger partial charge in [0.2, 0.25) is 0 Å². The molecule has 0 unspecified atom stereocenters. The zero-order chi connectivity index (χ0) is 44.4. The molecule has 0 aliphatic rings. The largest absolute Gasteiger partial charge is 0.462 e. The fraction of sp³-hybridized carbons (Fsp3) is 0.836. The minimum atomic E-state index is -0.778. The molecule has 0 aromatic heterocycles. The van der Waals surface area contributed by atoms with E-state index in [0.29, 0.717) is 19.3 Å². The average Bonchev–Trinajstić information content (AvgIpc) is 3.26. The maximum absolute atomic E-state index is 12.8. The topological polar surface area (TPSA) is 78.9 Å². The molecule has 0 spiro atoms. The van der Waals surface area contributed by atoms with Crippen molar-refractivity contribution in [2.75, 3.05) is 13.2 Å². The maximum atomic E-state index is 12.8. The van der Waals surface area contributed by atoms with Gasteiger partial charge in [-0.3, -0.25) is 14.4 Å². The summed E-state index contributed by atoms with van der Waals surface area (Å²) >= 11 is 0. The van der Waals surface area contributed by atoms with Crippen molar-refractivity contribution in [2.24, 2.45) is 0 Å². The molecule has 6 nitrogen and oxygen atoms in total. The Morgan fingerprint density at radius 1 is 0.328 bits per heavy atom. The van der Waals surface area contributed by atoms with Crippen molar-refractivity contribution in [3.63, 3.8) is 0 Å². The molecule has 0 amide bonds. The van der Waals surface area contributed by atoms with Gasteiger partial charge in [-0.1, -0.05) is 218 Å². The molecule has 0 saturated carbocycles. The van der Waals surface area contributed by atoms with Crippen LogP contribution in [0.25, 0.3) is 0 Å². The molecule has 61 heavy (non-hydrogen) atoms. The summed E-state index contributed by atoms with van der Waals surface area (Å²) in [6.07, 6.45) is 58.3. The Kier molecular flexibility index (Phi) is 48.3. The van der Waals surface area contributed by atoms with Crippen molar-refractivity contribution >= 4 is 17.9 Å². The molecule has 0 aliphatic carbocycles. The number of hydrogen-bond donors (Lipinski definition) is 0. The first-order valence-electron chi connectivity index (χ1n) is 26.5. The summed E-state index contributed by atoms with van der Waals surface area (Å²) in [5.41, 5.74) is 0. The predicted molar refractivity (Wildman–Crippen MR) is 261 cm³/mol. The molecule has 0 aliphatic heterocycles. The zero-order valence-electron chi connectivity index (χ0n) is 40.7. The van der Waals surface area contributed by atoms with E-state index in [1.54, 1.807) is 0 Å². The fourth-order valence-corrected chi connectivity index (χ4v) is 7.59. The Hall–Kier alpha value is -2.37. The molecular formula is C55H100O6. The Labute approximate surface area is 378 Å². The van der Waals surface area contributed by atoms with E-state index in [-0.39, 0.29) is 31.1 Å². The zero-order valence-corrected chi connectivity index (χ0v) is 40.7. The van der Waals surface area contributed by atoms with Gasteiger partial charge in [0.05, 0.1) is 0 Å². The minimum absolute atomic E-state index is 0.0770. The smallest absolute Gasteiger partial charge is 0.306 e. The number of rotatable bonds is 48. The SMILES string of the molecule is CCCCC/C=C/C/C=C/CCCCCCCC(=O)OC[C@@H](COC(=O)CCCCCCCCCCCCCCCC)OC(=O)CCCCCCC/C=C/CCCCCCC. The molecule has 0 fully saturated rings. The number of carbonyl (C=O) groups excluding carboxylic acids is 3. The van der Waals surface area contributed by atoms with E-state index in [1.165, 1.54) is 154 Å². The molecule has 0 N–H and O–H groups in total. The lowest BCUT2D eigenvalue weighted by Gasteiger charge is -2.18. The second kappa shape index (κ2) is 50.3. The van der Waals surface area contributed by atoms with Crippen LogP contribution >= 0.6 is 0 Å². The summed E-state index contributed by atoms with van der Waals surface area (Å²) in [4.78, 5) is 38.0. The van der Waals surface area contributed by atoms with Gasteiger partial charge in [0.25, 0.3) is 0 Å². The maximum Gasteiger partial charge on any atom is 0.306 e. The van der Waals surface area contributed by atoms with Gasteiger partial charge in [-0.2, -0.15) is 0 Å². The van der Waals surface area contributed by atoms with E-state index < -0.39 is 6.10 Å². The van der Waals surface area contributed by atoms with Crippen LogP contribution in [0.2, 0.25) is 0 Å². The predicted octanol–water partition coefficient (Wildman–Crippen LogP) is 17.3. The molecule has 1 atom stereocenters. The summed E-state index contributed by atoms with van der Waals surface area (Å²) in [5, 5.41) is 0. The second-order valence-corrected chi connectivity index (χ2v) is 17.8. The summed E-state index contributed by atoms with van der Waals surface area (Å²) in [6, 6.07) is 0. The van der Waals surface area contributed by atoms with Crippen LogP contribution in [0, 0.1) is 0 Å². The van der Waals surface area contributed by atoms with Crippen molar-refractivity contribution in [2.45, 2.75) is 284 Å². The summed E-state index contributed by atoms with van der Waals surface area (Å²) in [5.74, 6) is -0.889. The summed E-state index contributed by atoms with van der Waals surface area (Å²) < 4.78 is 16.8. The Morgan fingerprint density at radius 3 is 0.951 bits per heavy atom. The van der Waals surface area contributed by atoms with Gasteiger partial charge in [-0.25, -0.2) is 0 Å². The monoisotopic (exact) mass is 857 g/mol.